The fourth-order valence-electron chi connectivity index (χ4n) is 3.27. The summed E-state index contributed by atoms with van der Waals surface area (Å²) in [6.07, 6.45) is 2.42. The third-order valence-corrected chi connectivity index (χ3v) is 5.64. The van der Waals surface area contributed by atoms with Gasteiger partial charge in [0.1, 0.15) is 24.5 Å². The van der Waals surface area contributed by atoms with Crippen LogP contribution in [0.3, 0.4) is 0 Å². The first kappa shape index (κ1) is 24.5. The number of carbonyl (C=O) groups excluding carboxylic acids is 2. The van der Waals surface area contributed by atoms with Crippen LogP contribution in [0.5, 0.6) is 17.2 Å². The topological polar surface area (TPSA) is 85.9 Å². The molecule has 7 nitrogen and oxygen atoms in total. The highest BCUT2D eigenvalue weighted by atomic mass is 35.5. The number of thiocarbonyl (C=S) groups is 1. The summed E-state index contributed by atoms with van der Waals surface area (Å²) in [4.78, 5) is 24.1. The van der Waals surface area contributed by atoms with E-state index >= 15 is 0 Å². The van der Waals surface area contributed by atoms with Gasteiger partial charge in [0, 0.05) is 0 Å². The molecular weight excluding hydrogens is 464 g/mol. The third kappa shape index (κ3) is 6.03. The zero-order valence-corrected chi connectivity index (χ0v) is 20.1. The van der Waals surface area contributed by atoms with Crippen LogP contribution in [0.2, 0.25) is 5.02 Å². The van der Waals surface area contributed by atoms with Gasteiger partial charge in [-0.1, -0.05) is 43.6 Å². The highest BCUT2D eigenvalue weighted by Gasteiger charge is 2.26. The molecule has 2 aromatic carbocycles. The van der Waals surface area contributed by atoms with Crippen molar-refractivity contribution in [2.45, 2.75) is 26.2 Å². The summed E-state index contributed by atoms with van der Waals surface area (Å²) < 4.78 is 17.2. The molecule has 2 amide bonds. The number of para-hydroxylation sites is 1. The fraction of sp³-hybridized carbons (Fsp3) is 0.292. The Morgan fingerprint density at radius 1 is 1.06 bits per heavy atom. The molecule has 0 spiro atoms. The van der Waals surface area contributed by atoms with Crippen LogP contribution >= 0.6 is 23.8 Å². The van der Waals surface area contributed by atoms with Crippen LogP contribution in [0.1, 0.15) is 37.3 Å². The molecule has 0 aromatic heterocycles. The molecule has 1 aliphatic heterocycles. The number of halogens is 1. The predicted octanol–water partition coefficient (Wildman–Crippen LogP) is 4.23. The number of amides is 2. The van der Waals surface area contributed by atoms with Crippen LogP contribution in [-0.4, -0.2) is 37.3 Å². The number of methoxy groups -OCH3 is 1. The summed E-state index contributed by atoms with van der Waals surface area (Å²) in [6.45, 7) is 4.86. The number of hydrogen-bond donors (Lipinski definition) is 2. The first-order valence-electron chi connectivity index (χ1n) is 10.4. The standard InChI is InChI=1S/C24H25ClN2O5S/c1-4-14(2)16-7-5-6-8-19(16)31-9-10-32-21-18(25)12-15(13-20(21)30-3)11-17-22(28)26-24(33)27-23(17)29/h5-8,11-14H,4,9-10H2,1-3H3,(H2,26,27,28,29,33). The number of ether oxygens (including phenoxy) is 3. The predicted molar refractivity (Wildman–Crippen MR) is 131 cm³/mol. The van der Waals surface area contributed by atoms with Crippen LogP contribution in [0.4, 0.5) is 0 Å². The van der Waals surface area contributed by atoms with E-state index in [2.05, 4.69) is 30.5 Å². The summed E-state index contributed by atoms with van der Waals surface area (Å²) in [5.41, 5.74) is 1.56. The van der Waals surface area contributed by atoms with E-state index in [9.17, 15) is 9.59 Å². The van der Waals surface area contributed by atoms with Crippen LogP contribution in [0, 0.1) is 0 Å². The number of carbonyl (C=O) groups is 2. The Morgan fingerprint density at radius 2 is 1.73 bits per heavy atom. The molecule has 1 atom stereocenters. The Labute approximate surface area is 203 Å². The average molecular weight is 489 g/mol. The van der Waals surface area contributed by atoms with Crippen molar-refractivity contribution in [1.82, 2.24) is 10.6 Å². The van der Waals surface area contributed by atoms with Gasteiger partial charge in [0.2, 0.25) is 0 Å². The summed E-state index contributed by atoms with van der Waals surface area (Å²) in [5.74, 6) is 0.754. The smallest absolute Gasteiger partial charge is 0.263 e. The van der Waals surface area contributed by atoms with Crippen LogP contribution in [0.15, 0.2) is 42.0 Å². The van der Waals surface area contributed by atoms with E-state index in [1.54, 1.807) is 12.1 Å². The molecule has 1 heterocycles. The molecular formula is C24H25ClN2O5S. The normalized spacial score (nSPS) is 14.3. The Kier molecular flexibility index (Phi) is 8.30. The molecule has 1 aliphatic rings. The molecule has 0 radical (unpaired) electrons. The lowest BCUT2D eigenvalue weighted by Crippen LogP contribution is -2.51. The number of nitrogens with one attached hydrogen (secondary N) is 2. The minimum atomic E-state index is -0.589. The van der Waals surface area contributed by atoms with E-state index in [-0.39, 0.29) is 22.3 Å². The van der Waals surface area contributed by atoms with E-state index in [0.717, 1.165) is 17.7 Å². The number of rotatable bonds is 9. The van der Waals surface area contributed by atoms with Crippen molar-refractivity contribution in [2.24, 2.45) is 0 Å². The van der Waals surface area contributed by atoms with Gasteiger partial charge < -0.3 is 14.2 Å². The molecule has 0 bridgehead atoms. The Hall–Kier alpha value is -3.10. The molecule has 174 valence electrons. The minimum absolute atomic E-state index is 0.0319. The zero-order chi connectivity index (χ0) is 24.0. The van der Waals surface area contributed by atoms with Gasteiger partial charge in [0.05, 0.1) is 12.1 Å². The lowest BCUT2D eigenvalue weighted by molar-refractivity contribution is -0.123. The van der Waals surface area contributed by atoms with Crippen LogP contribution in [0.25, 0.3) is 6.08 Å². The van der Waals surface area contributed by atoms with Crippen molar-refractivity contribution in [2.75, 3.05) is 20.3 Å². The van der Waals surface area contributed by atoms with Gasteiger partial charge in [0.15, 0.2) is 16.6 Å². The first-order chi connectivity index (χ1) is 15.8. The Bertz CT molecular complexity index is 1080. The Balaban J connectivity index is 1.70. The summed E-state index contributed by atoms with van der Waals surface area (Å²) in [7, 11) is 1.48. The SMILES string of the molecule is CCC(C)c1ccccc1OCCOc1c(Cl)cc(C=C2C(=O)NC(=S)NC2=O)cc1OC. The van der Waals surface area contributed by atoms with Gasteiger partial charge in [-0.2, -0.15) is 0 Å². The van der Waals surface area contributed by atoms with E-state index in [0.29, 0.717) is 29.6 Å². The maximum absolute atomic E-state index is 12.1. The van der Waals surface area contributed by atoms with Gasteiger partial charge in [-0.05, 0) is 60.0 Å². The van der Waals surface area contributed by atoms with Crippen molar-refractivity contribution in [3.63, 3.8) is 0 Å². The summed E-state index contributed by atoms with van der Waals surface area (Å²) >= 11 is 11.2. The van der Waals surface area contributed by atoms with Crippen LogP contribution in [-0.2, 0) is 9.59 Å². The Morgan fingerprint density at radius 3 is 2.39 bits per heavy atom. The first-order valence-corrected chi connectivity index (χ1v) is 11.2. The van der Waals surface area contributed by atoms with E-state index in [1.165, 1.54) is 13.2 Å². The lowest BCUT2D eigenvalue weighted by atomic mass is 9.98. The molecule has 2 aromatic rings. The largest absolute Gasteiger partial charge is 0.493 e. The van der Waals surface area contributed by atoms with Crippen molar-refractivity contribution in [3.8, 4) is 17.2 Å². The van der Waals surface area contributed by atoms with Gasteiger partial charge in [0.25, 0.3) is 11.8 Å². The summed E-state index contributed by atoms with van der Waals surface area (Å²) in [6, 6.07) is 11.2. The average Bonchev–Trinajstić information content (AvgIpc) is 2.79. The second-order valence-corrected chi connectivity index (χ2v) is 8.19. The number of hydrogen-bond acceptors (Lipinski definition) is 6. The third-order valence-electron chi connectivity index (χ3n) is 5.16. The highest BCUT2D eigenvalue weighted by molar-refractivity contribution is 7.80. The van der Waals surface area contributed by atoms with Gasteiger partial charge >= 0.3 is 0 Å². The molecule has 9 heteroatoms. The second-order valence-electron chi connectivity index (χ2n) is 7.37. The van der Waals surface area contributed by atoms with Crippen molar-refractivity contribution < 1.29 is 23.8 Å². The minimum Gasteiger partial charge on any atom is -0.493 e. The fourth-order valence-corrected chi connectivity index (χ4v) is 3.73. The van der Waals surface area contributed by atoms with E-state index in [4.69, 9.17) is 38.0 Å². The summed E-state index contributed by atoms with van der Waals surface area (Å²) in [5, 5.41) is 5.01. The molecule has 1 saturated heterocycles. The van der Waals surface area contributed by atoms with Gasteiger partial charge in [-0.15, -0.1) is 0 Å². The van der Waals surface area contributed by atoms with Crippen LogP contribution < -0.4 is 24.8 Å². The molecule has 33 heavy (non-hydrogen) atoms. The maximum Gasteiger partial charge on any atom is 0.263 e. The van der Waals surface area contributed by atoms with Gasteiger partial charge in [-0.3, -0.25) is 20.2 Å². The molecule has 1 unspecified atom stereocenters. The zero-order valence-electron chi connectivity index (χ0n) is 18.6. The molecule has 0 saturated carbocycles. The lowest BCUT2D eigenvalue weighted by Gasteiger charge is -2.18. The van der Waals surface area contributed by atoms with Crippen molar-refractivity contribution >= 4 is 46.8 Å². The molecule has 1 fully saturated rings. The quantitative estimate of drug-likeness (QED) is 0.238. The van der Waals surface area contributed by atoms with Gasteiger partial charge in [-0.25, -0.2) is 0 Å². The maximum atomic E-state index is 12.1. The monoisotopic (exact) mass is 488 g/mol. The molecule has 3 rings (SSSR count). The molecule has 2 N–H and O–H groups in total. The van der Waals surface area contributed by atoms with Crippen molar-refractivity contribution in [1.29, 1.82) is 0 Å². The van der Waals surface area contributed by atoms with E-state index in [1.807, 2.05) is 18.2 Å². The van der Waals surface area contributed by atoms with Crippen molar-refractivity contribution in [3.05, 3.63) is 58.1 Å². The highest BCUT2D eigenvalue weighted by Crippen LogP contribution is 2.37. The molecule has 0 aliphatic carbocycles. The second kappa shape index (κ2) is 11.2. The number of benzene rings is 2. The van der Waals surface area contributed by atoms with E-state index < -0.39 is 11.8 Å².